The van der Waals surface area contributed by atoms with E-state index in [2.05, 4.69) is 22.0 Å². The van der Waals surface area contributed by atoms with Crippen LogP contribution in [0.15, 0.2) is 4.42 Å². The summed E-state index contributed by atoms with van der Waals surface area (Å²) in [4.78, 5) is 16.9. The minimum Gasteiger partial charge on any atom is -0.444 e. The molecule has 3 heterocycles. The molecular weight excluding hydrogens is 308 g/mol. The molecule has 1 amide bonds. The molecule has 3 rings (SSSR count). The van der Waals surface area contributed by atoms with Crippen LogP contribution in [0.4, 0.5) is 4.79 Å². The van der Waals surface area contributed by atoms with Crippen molar-refractivity contribution in [1.29, 1.82) is 0 Å². The van der Waals surface area contributed by atoms with Crippen molar-refractivity contribution in [3.05, 3.63) is 11.8 Å². The summed E-state index contributed by atoms with van der Waals surface area (Å²) in [6.45, 7) is 11.4. The fraction of sp³-hybridized carbons (Fsp3) is 0.824. The largest absolute Gasteiger partial charge is 0.444 e. The first-order chi connectivity index (χ1) is 11.2. The van der Waals surface area contributed by atoms with E-state index in [1.54, 1.807) is 6.92 Å². The molecule has 0 spiro atoms. The van der Waals surface area contributed by atoms with Crippen molar-refractivity contribution in [3.8, 4) is 0 Å². The topological polar surface area (TPSA) is 71.7 Å². The van der Waals surface area contributed by atoms with Crippen LogP contribution in [0.3, 0.4) is 0 Å². The van der Waals surface area contributed by atoms with E-state index >= 15 is 0 Å². The monoisotopic (exact) mass is 336 g/mol. The summed E-state index contributed by atoms with van der Waals surface area (Å²) in [5.74, 6) is 1.23. The molecular formula is C17H28N4O3. The Morgan fingerprint density at radius 1 is 1.25 bits per heavy atom. The van der Waals surface area contributed by atoms with Crippen LogP contribution < -0.4 is 0 Å². The summed E-state index contributed by atoms with van der Waals surface area (Å²) in [6.07, 6.45) is 2.85. The lowest BCUT2D eigenvalue weighted by Crippen LogP contribution is -2.45. The van der Waals surface area contributed by atoms with Crippen LogP contribution >= 0.6 is 0 Å². The average molecular weight is 336 g/mol. The number of likely N-dealkylation sites (tertiary alicyclic amines) is 1. The van der Waals surface area contributed by atoms with Crippen LogP contribution in [0.2, 0.25) is 0 Å². The standard InChI is InChI=1S/C17H28N4O3/c1-11(15-19-18-12(2)23-15)20-9-8-13-6-7-14(10-20)21(13)16(22)24-17(3,4)5/h11,13-14H,6-10H2,1-5H3/t11-,13-,14+/m1/s1. The van der Waals surface area contributed by atoms with Gasteiger partial charge in [-0.25, -0.2) is 4.79 Å². The molecule has 0 aliphatic carbocycles. The maximum absolute atomic E-state index is 12.6. The smallest absolute Gasteiger partial charge is 0.410 e. The molecule has 2 saturated heterocycles. The number of amides is 1. The molecule has 0 saturated carbocycles. The van der Waals surface area contributed by atoms with Crippen molar-refractivity contribution in [2.45, 2.75) is 77.6 Å². The number of nitrogens with zero attached hydrogens (tertiary/aromatic N) is 4. The minimum atomic E-state index is -0.461. The Kier molecular flexibility index (Phi) is 4.55. The van der Waals surface area contributed by atoms with Gasteiger partial charge in [-0.15, -0.1) is 10.2 Å². The minimum absolute atomic E-state index is 0.0611. The molecule has 7 nitrogen and oxygen atoms in total. The zero-order valence-electron chi connectivity index (χ0n) is 15.3. The molecule has 7 heteroatoms. The zero-order chi connectivity index (χ0) is 17.5. The van der Waals surface area contributed by atoms with E-state index in [0.29, 0.717) is 11.8 Å². The Morgan fingerprint density at radius 2 is 1.96 bits per heavy atom. The third-order valence-electron chi connectivity index (χ3n) is 4.87. The van der Waals surface area contributed by atoms with Gasteiger partial charge in [0.15, 0.2) is 0 Å². The lowest BCUT2D eigenvalue weighted by atomic mass is 10.1. The van der Waals surface area contributed by atoms with Gasteiger partial charge in [0.05, 0.1) is 6.04 Å². The number of hydrogen-bond acceptors (Lipinski definition) is 6. The Bertz CT molecular complexity index is 595. The number of rotatable bonds is 2. The first-order valence-electron chi connectivity index (χ1n) is 8.80. The molecule has 3 atom stereocenters. The second-order valence-corrected chi connectivity index (χ2v) is 7.89. The van der Waals surface area contributed by atoms with Crippen LogP contribution in [-0.2, 0) is 4.74 Å². The summed E-state index contributed by atoms with van der Waals surface area (Å²) in [5.41, 5.74) is -0.461. The molecule has 2 fully saturated rings. The predicted octanol–water partition coefficient (Wildman–Crippen LogP) is 2.91. The molecule has 0 radical (unpaired) electrons. The normalized spacial score (nSPS) is 26.3. The molecule has 0 N–H and O–H groups in total. The Balaban J connectivity index is 1.71. The molecule has 0 unspecified atom stereocenters. The third-order valence-corrected chi connectivity index (χ3v) is 4.87. The number of carbonyl (C=O) groups is 1. The third kappa shape index (κ3) is 3.55. The Hall–Kier alpha value is -1.63. The average Bonchev–Trinajstić information content (AvgIpc) is 2.99. The van der Waals surface area contributed by atoms with Gasteiger partial charge < -0.3 is 14.1 Å². The molecule has 24 heavy (non-hydrogen) atoms. The number of aryl methyl sites for hydroxylation is 1. The van der Waals surface area contributed by atoms with E-state index in [0.717, 1.165) is 32.4 Å². The Morgan fingerprint density at radius 3 is 2.58 bits per heavy atom. The summed E-state index contributed by atoms with van der Waals surface area (Å²) in [5, 5.41) is 8.08. The number of hydrogen-bond donors (Lipinski definition) is 0. The zero-order valence-corrected chi connectivity index (χ0v) is 15.3. The van der Waals surface area contributed by atoms with Crippen molar-refractivity contribution >= 4 is 6.09 Å². The van der Waals surface area contributed by atoms with Gasteiger partial charge >= 0.3 is 6.09 Å². The lowest BCUT2D eigenvalue weighted by Gasteiger charge is -2.32. The van der Waals surface area contributed by atoms with Gasteiger partial charge in [0.25, 0.3) is 0 Å². The van der Waals surface area contributed by atoms with Gasteiger partial charge in [-0.3, -0.25) is 4.90 Å². The van der Waals surface area contributed by atoms with Crippen LogP contribution in [0, 0.1) is 6.92 Å². The Labute approximate surface area is 143 Å². The van der Waals surface area contributed by atoms with Gasteiger partial charge in [0.1, 0.15) is 5.60 Å². The molecule has 1 aromatic heterocycles. The van der Waals surface area contributed by atoms with Gasteiger partial charge in [0.2, 0.25) is 11.8 Å². The second-order valence-electron chi connectivity index (χ2n) is 7.89. The highest BCUT2D eigenvalue weighted by Gasteiger charge is 2.43. The van der Waals surface area contributed by atoms with E-state index in [9.17, 15) is 4.79 Å². The summed E-state index contributed by atoms with van der Waals surface area (Å²) >= 11 is 0. The van der Waals surface area contributed by atoms with Crippen molar-refractivity contribution in [3.63, 3.8) is 0 Å². The molecule has 2 aliphatic rings. The molecule has 2 bridgehead atoms. The fourth-order valence-corrected chi connectivity index (χ4v) is 3.70. The molecule has 2 aliphatic heterocycles. The van der Waals surface area contributed by atoms with Crippen molar-refractivity contribution in [1.82, 2.24) is 20.0 Å². The van der Waals surface area contributed by atoms with E-state index < -0.39 is 5.60 Å². The predicted molar refractivity (Wildman–Crippen MR) is 88.5 cm³/mol. The van der Waals surface area contributed by atoms with Crippen LogP contribution in [0.1, 0.15) is 64.8 Å². The van der Waals surface area contributed by atoms with Gasteiger partial charge in [0, 0.05) is 32.1 Å². The lowest BCUT2D eigenvalue weighted by molar-refractivity contribution is 0.0148. The summed E-state index contributed by atoms with van der Waals surface area (Å²) in [6, 6.07) is 0.524. The van der Waals surface area contributed by atoms with Gasteiger partial charge in [-0.1, -0.05) is 0 Å². The van der Waals surface area contributed by atoms with E-state index in [1.165, 1.54) is 0 Å². The summed E-state index contributed by atoms with van der Waals surface area (Å²) in [7, 11) is 0. The van der Waals surface area contributed by atoms with Gasteiger partial charge in [-0.05, 0) is 47.0 Å². The first-order valence-corrected chi connectivity index (χ1v) is 8.80. The number of ether oxygens (including phenoxy) is 1. The SMILES string of the molecule is Cc1nnc([C@@H](C)N2CC[C@H]3CC[C@@H](C2)N3C(=O)OC(C)(C)C)o1. The fourth-order valence-electron chi connectivity index (χ4n) is 3.70. The van der Waals surface area contributed by atoms with Crippen molar-refractivity contribution in [2.75, 3.05) is 13.1 Å². The van der Waals surface area contributed by atoms with E-state index in [4.69, 9.17) is 9.15 Å². The maximum Gasteiger partial charge on any atom is 0.410 e. The summed E-state index contributed by atoms with van der Waals surface area (Å²) < 4.78 is 11.2. The first kappa shape index (κ1) is 17.2. The number of fused-ring (bicyclic) bond motifs is 2. The van der Waals surface area contributed by atoms with Crippen molar-refractivity contribution < 1.29 is 13.9 Å². The second kappa shape index (κ2) is 6.35. The van der Waals surface area contributed by atoms with E-state index in [1.807, 2.05) is 25.7 Å². The van der Waals surface area contributed by atoms with Gasteiger partial charge in [-0.2, -0.15) is 0 Å². The van der Waals surface area contributed by atoms with Crippen LogP contribution in [-0.4, -0.2) is 56.9 Å². The highest BCUT2D eigenvalue weighted by molar-refractivity contribution is 5.69. The maximum atomic E-state index is 12.6. The number of aromatic nitrogens is 2. The van der Waals surface area contributed by atoms with Crippen LogP contribution in [0.25, 0.3) is 0 Å². The molecule has 1 aromatic rings. The molecule has 134 valence electrons. The highest BCUT2D eigenvalue weighted by atomic mass is 16.6. The van der Waals surface area contributed by atoms with Crippen molar-refractivity contribution in [2.24, 2.45) is 0 Å². The van der Waals surface area contributed by atoms with Crippen LogP contribution in [0.5, 0.6) is 0 Å². The molecule has 0 aromatic carbocycles. The van der Waals surface area contributed by atoms with E-state index in [-0.39, 0.29) is 24.2 Å². The quantitative estimate of drug-likeness (QED) is 0.827. The number of carbonyl (C=O) groups excluding carboxylic acids is 1. The highest BCUT2D eigenvalue weighted by Crippen LogP contribution is 2.34.